The molecule has 0 aliphatic rings. The third kappa shape index (κ3) is 4.67. The third-order valence-electron chi connectivity index (χ3n) is 1.15. The monoisotopic (exact) mass is 165 g/mol. The van der Waals surface area contributed by atoms with Crippen molar-refractivity contribution in [3.8, 4) is 0 Å². The average molecular weight is 166 g/mol. The first-order valence-electron chi connectivity index (χ1n) is 3.09. The van der Waals surface area contributed by atoms with E-state index in [-0.39, 0.29) is 0 Å². The molecule has 0 N–H and O–H groups in total. The van der Waals surface area contributed by atoms with E-state index in [0.717, 1.165) is 13.0 Å². The second-order valence-electron chi connectivity index (χ2n) is 2.03. The largest absolute Gasteiger partial charge is 0.356 e. The minimum absolute atomic E-state index is 0.462. The van der Waals surface area contributed by atoms with E-state index in [4.69, 9.17) is 23.8 Å². The molecule has 0 aliphatic carbocycles. The summed E-state index contributed by atoms with van der Waals surface area (Å²) in [5.74, 6) is 0. The molecular weight excluding hydrogens is 154 g/mol. The van der Waals surface area contributed by atoms with Gasteiger partial charge in [0.15, 0.2) is 4.45 Å². The molecule has 0 spiro atoms. The van der Waals surface area contributed by atoms with E-state index in [1.54, 1.807) is 0 Å². The second-order valence-corrected chi connectivity index (χ2v) is 3.00. The summed E-state index contributed by atoms with van der Waals surface area (Å²) in [5.41, 5.74) is 0. The Labute approximate surface area is 67.0 Å². The maximum absolute atomic E-state index is 5.52. The van der Waals surface area contributed by atoms with Crippen LogP contribution in [0.5, 0.6) is 0 Å². The molecule has 3 heteroatoms. The van der Waals surface area contributed by atoms with Gasteiger partial charge in [-0.25, -0.2) is 0 Å². The molecule has 0 aromatic heterocycles. The molecule has 0 atom stereocenters. The Morgan fingerprint density at radius 2 is 2.22 bits per heavy atom. The van der Waals surface area contributed by atoms with Crippen LogP contribution in [-0.2, 0) is 0 Å². The summed E-state index contributed by atoms with van der Waals surface area (Å²) in [6.45, 7) is 3.12. The molecule has 0 heterocycles. The van der Waals surface area contributed by atoms with Crippen molar-refractivity contribution in [1.82, 2.24) is 4.90 Å². The first-order valence-corrected chi connectivity index (χ1v) is 3.87. The second kappa shape index (κ2) is 5.00. The quantitative estimate of drug-likeness (QED) is 0.359. The van der Waals surface area contributed by atoms with Crippen molar-refractivity contribution in [2.24, 2.45) is 0 Å². The van der Waals surface area contributed by atoms with Crippen molar-refractivity contribution in [3.63, 3.8) is 0 Å². The molecule has 0 fully saturated rings. The lowest BCUT2D eigenvalue weighted by atomic mass is 10.3. The lowest BCUT2D eigenvalue weighted by Crippen LogP contribution is -2.21. The van der Waals surface area contributed by atoms with Gasteiger partial charge < -0.3 is 4.90 Å². The van der Waals surface area contributed by atoms with E-state index in [1.807, 2.05) is 11.9 Å². The van der Waals surface area contributed by atoms with Gasteiger partial charge in [0, 0.05) is 13.6 Å². The van der Waals surface area contributed by atoms with Crippen molar-refractivity contribution >= 4 is 28.3 Å². The van der Waals surface area contributed by atoms with Gasteiger partial charge in [0.05, 0.1) is 0 Å². The number of hydrogen-bond donors (Lipinski definition) is 0. The number of nitrogens with zero attached hydrogens (tertiary/aromatic N) is 1. The van der Waals surface area contributed by atoms with Gasteiger partial charge >= 0.3 is 0 Å². The Morgan fingerprint density at radius 1 is 1.67 bits per heavy atom. The van der Waals surface area contributed by atoms with Crippen molar-refractivity contribution in [1.29, 1.82) is 0 Å². The third-order valence-corrected chi connectivity index (χ3v) is 1.75. The summed E-state index contributed by atoms with van der Waals surface area (Å²) in [7, 11) is 1.91. The van der Waals surface area contributed by atoms with E-state index >= 15 is 0 Å². The highest BCUT2D eigenvalue weighted by Crippen LogP contribution is 1.96. The topological polar surface area (TPSA) is 3.24 Å². The molecule has 0 saturated heterocycles. The zero-order valence-electron chi connectivity index (χ0n) is 5.85. The summed E-state index contributed by atoms with van der Waals surface area (Å²) in [6, 6.07) is 0. The van der Waals surface area contributed by atoms with Gasteiger partial charge in [-0.1, -0.05) is 24.9 Å². The van der Waals surface area contributed by atoms with Crippen LogP contribution in [0.2, 0.25) is 0 Å². The minimum Gasteiger partial charge on any atom is -0.356 e. The Balaban J connectivity index is 3.27. The van der Waals surface area contributed by atoms with Crippen LogP contribution >= 0.6 is 23.8 Å². The van der Waals surface area contributed by atoms with Gasteiger partial charge in [0.2, 0.25) is 0 Å². The lowest BCUT2D eigenvalue weighted by Gasteiger charge is -2.13. The van der Waals surface area contributed by atoms with Crippen molar-refractivity contribution in [2.45, 2.75) is 19.8 Å². The molecule has 0 bridgehead atoms. The fraction of sp³-hybridized carbons (Fsp3) is 0.833. The van der Waals surface area contributed by atoms with Crippen LogP contribution in [0.25, 0.3) is 0 Å². The minimum atomic E-state index is 0.462. The fourth-order valence-corrected chi connectivity index (χ4v) is 0.659. The van der Waals surface area contributed by atoms with Crippen LogP contribution in [0.1, 0.15) is 19.8 Å². The predicted molar refractivity (Wildman–Crippen MR) is 46.0 cm³/mol. The van der Waals surface area contributed by atoms with Crippen LogP contribution in [0.3, 0.4) is 0 Å². The maximum Gasteiger partial charge on any atom is 0.169 e. The van der Waals surface area contributed by atoms with Crippen LogP contribution in [-0.4, -0.2) is 22.9 Å². The molecule has 0 unspecified atom stereocenters. The van der Waals surface area contributed by atoms with Crippen LogP contribution < -0.4 is 0 Å². The lowest BCUT2D eigenvalue weighted by molar-refractivity contribution is 0.499. The highest BCUT2D eigenvalue weighted by Gasteiger charge is 1.96. The van der Waals surface area contributed by atoms with Crippen LogP contribution in [0.15, 0.2) is 0 Å². The van der Waals surface area contributed by atoms with E-state index in [9.17, 15) is 0 Å². The normalized spacial score (nSPS) is 9.22. The standard InChI is InChI=1S/C6H12ClNS/c1-3-4-5-8(2)6(7)9/h3-5H2,1-2H3. The smallest absolute Gasteiger partial charge is 0.169 e. The van der Waals surface area contributed by atoms with Gasteiger partial charge in [0.1, 0.15) is 0 Å². The Kier molecular flexibility index (Phi) is 5.10. The Morgan fingerprint density at radius 3 is 2.56 bits per heavy atom. The van der Waals surface area contributed by atoms with E-state index in [1.165, 1.54) is 6.42 Å². The molecule has 1 nitrogen and oxygen atoms in total. The molecule has 0 amide bonds. The van der Waals surface area contributed by atoms with Crippen LogP contribution in [0.4, 0.5) is 0 Å². The van der Waals surface area contributed by atoms with Crippen molar-refractivity contribution in [3.05, 3.63) is 0 Å². The van der Waals surface area contributed by atoms with Gasteiger partial charge in [-0.15, -0.1) is 0 Å². The Hall–Kier alpha value is 0.180. The fourth-order valence-electron chi connectivity index (χ4n) is 0.483. The Bertz CT molecular complexity index is 95.1. The molecular formula is C6H12ClNS. The summed E-state index contributed by atoms with van der Waals surface area (Å²) in [4.78, 5) is 1.88. The molecule has 0 aliphatic heterocycles. The zero-order valence-corrected chi connectivity index (χ0v) is 7.43. The highest BCUT2D eigenvalue weighted by molar-refractivity contribution is 7.83. The average Bonchev–Trinajstić information content (AvgIpc) is 1.82. The van der Waals surface area contributed by atoms with Crippen LogP contribution in [0, 0.1) is 0 Å². The molecule has 0 saturated carbocycles. The molecule has 0 radical (unpaired) electrons. The summed E-state index contributed by atoms with van der Waals surface area (Å²) < 4.78 is 0.462. The molecule has 54 valence electrons. The first kappa shape index (κ1) is 9.18. The zero-order chi connectivity index (χ0) is 7.28. The van der Waals surface area contributed by atoms with Crippen molar-refractivity contribution in [2.75, 3.05) is 13.6 Å². The molecule has 0 aromatic rings. The number of thiocarbonyl (C=S) groups is 1. The highest BCUT2D eigenvalue weighted by atomic mass is 35.5. The van der Waals surface area contributed by atoms with E-state index in [2.05, 4.69) is 6.92 Å². The first-order chi connectivity index (χ1) is 4.18. The molecule has 0 aromatic carbocycles. The molecule has 9 heavy (non-hydrogen) atoms. The molecule has 0 rings (SSSR count). The number of unbranched alkanes of at least 4 members (excludes halogenated alkanes) is 1. The number of halogens is 1. The summed E-state index contributed by atoms with van der Waals surface area (Å²) in [6.07, 6.45) is 2.34. The summed E-state index contributed by atoms with van der Waals surface area (Å²) >= 11 is 10.2. The van der Waals surface area contributed by atoms with Gasteiger partial charge in [-0.2, -0.15) is 0 Å². The van der Waals surface area contributed by atoms with Gasteiger partial charge in [-0.3, -0.25) is 0 Å². The maximum atomic E-state index is 5.52. The predicted octanol–water partition coefficient (Wildman–Crippen LogP) is 2.24. The van der Waals surface area contributed by atoms with E-state index in [0.29, 0.717) is 4.45 Å². The number of rotatable bonds is 3. The van der Waals surface area contributed by atoms with Gasteiger partial charge in [0.25, 0.3) is 0 Å². The van der Waals surface area contributed by atoms with Gasteiger partial charge in [-0.05, 0) is 18.6 Å². The van der Waals surface area contributed by atoms with Crippen molar-refractivity contribution < 1.29 is 0 Å². The van der Waals surface area contributed by atoms with E-state index < -0.39 is 0 Å². The SMILES string of the molecule is CCCCN(C)C(=S)Cl. The number of hydrogen-bond acceptors (Lipinski definition) is 1. The summed E-state index contributed by atoms with van der Waals surface area (Å²) in [5, 5.41) is 0.